The Kier molecular flexibility index (Phi) is 10.7. The van der Waals surface area contributed by atoms with Crippen LogP contribution >= 0.6 is 11.6 Å². The quantitative estimate of drug-likeness (QED) is 0.560. The Hall–Kier alpha value is -2.54. The summed E-state index contributed by atoms with van der Waals surface area (Å²) >= 11 is 5.91. The Labute approximate surface area is 200 Å². The fourth-order valence-corrected chi connectivity index (χ4v) is 3.79. The van der Waals surface area contributed by atoms with Gasteiger partial charge in [0.05, 0.1) is 29.4 Å². The van der Waals surface area contributed by atoms with E-state index < -0.39 is 5.60 Å². The topological polar surface area (TPSA) is 75.4 Å². The molecule has 1 aliphatic rings. The fraction of sp³-hybridized carbons (Fsp3) is 0.423. The molecule has 0 saturated carbocycles. The average molecular weight is 472 g/mol. The molecular formula is C26H34ClN3O3. The van der Waals surface area contributed by atoms with Gasteiger partial charge in [-0.3, -0.25) is 9.36 Å². The Morgan fingerprint density at radius 1 is 1.12 bits per heavy atom. The first-order valence-electron chi connectivity index (χ1n) is 11.4. The lowest BCUT2D eigenvalue weighted by molar-refractivity contribution is -0.107. The molecule has 1 saturated heterocycles. The molecule has 0 amide bonds. The number of likely N-dealkylation sites (tertiary alicyclic amines) is 1. The van der Waals surface area contributed by atoms with Crippen LogP contribution in [-0.4, -0.2) is 51.6 Å². The van der Waals surface area contributed by atoms with Gasteiger partial charge in [0.2, 0.25) is 0 Å². The number of carbonyl (C=O) groups excluding carboxylic acids is 1. The summed E-state index contributed by atoms with van der Waals surface area (Å²) < 4.78 is 1.50. The van der Waals surface area contributed by atoms with E-state index in [2.05, 4.69) is 9.88 Å². The van der Waals surface area contributed by atoms with Gasteiger partial charge in [-0.15, -0.1) is 0 Å². The maximum atomic E-state index is 12.5. The largest absolute Gasteiger partial charge is 0.388 e. The Morgan fingerprint density at radius 2 is 1.79 bits per heavy atom. The first kappa shape index (κ1) is 26.7. The van der Waals surface area contributed by atoms with Crippen LogP contribution in [0.5, 0.6) is 0 Å². The van der Waals surface area contributed by atoms with E-state index in [0.29, 0.717) is 35.2 Å². The van der Waals surface area contributed by atoms with E-state index in [4.69, 9.17) is 11.6 Å². The molecule has 1 aliphatic heterocycles. The summed E-state index contributed by atoms with van der Waals surface area (Å²) in [5.74, 6) is 0. The molecule has 0 bridgehead atoms. The lowest BCUT2D eigenvalue weighted by Crippen LogP contribution is -2.46. The molecule has 1 fully saturated rings. The maximum Gasteiger partial charge on any atom is 0.261 e. The highest BCUT2D eigenvalue weighted by Crippen LogP contribution is 2.23. The second kappa shape index (κ2) is 13.2. The second-order valence-corrected chi connectivity index (χ2v) is 8.49. The van der Waals surface area contributed by atoms with Crippen molar-refractivity contribution in [1.29, 1.82) is 0 Å². The van der Waals surface area contributed by atoms with Gasteiger partial charge in [0.1, 0.15) is 6.29 Å². The first-order chi connectivity index (χ1) is 15.9. The third kappa shape index (κ3) is 8.07. The van der Waals surface area contributed by atoms with E-state index in [-0.39, 0.29) is 12.1 Å². The van der Waals surface area contributed by atoms with E-state index in [1.807, 2.05) is 51.2 Å². The lowest BCUT2D eigenvalue weighted by Gasteiger charge is -2.36. The van der Waals surface area contributed by atoms with Crippen LogP contribution in [0.4, 0.5) is 0 Å². The number of carbonyl (C=O) groups is 1. The molecule has 6 nitrogen and oxygen atoms in total. The molecule has 0 aliphatic carbocycles. The zero-order valence-electron chi connectivity index (χ0n) is 19.7. The van der Waals surface area contributed by atoms with Crippen LogP contribution in [-0.2, 0) is 17.8 Å². The zero-order valence-corrected chi connectivity index (χ0v) is 20.5. The molecular weight excluding hydrogens is 438 g/mol. The number of halogens is 1. The van der Waals surface area contributed by atoms with Crippen molar-refractivity contribution >= 4 is 28.8 Å². The van der Waals surface area contributed by atoms with Crippen LogP contribution in [0.25, 0.3) is 10.9 Å². The van der Waals surface area contributed by atoms with Crippen molar-refractivity contribution in [3.05, 3.63) is 75.8 Å². The van der Waals surface area contributed by atoms with Crippen molar-refractivity contribution in [3.63, 3.8) is 0 Å². The molecule has 3 aromatic rings. The second-order valence-electron chi connectivity index (χ2n) is 8.06. The Balaban J connectivity index is 0.000000270. The van der Waals surface area contributed by atoms with Crippen molar-refractivity contribution in [2.45, 2.75) is 51.7 Å². The first-order valence-corrected chi connectivity index (χ1v) is 11.8. The maximum absolute atomic E-state index is 12.5. The van der Waals surface area contributed by atoms with Crippen LogP contribution in [0, 0.1) is 0 Å². The zero-order chi connectivity index (χ0) is 24.3. The van der Waals surface area contributed by atoms with Gasteiger partial charge in [0.15, 0.2) is 0 Å². The van der Waals surface area contributed by atoms with E-state index in [1.165, 1.54) is 16.5 Å². The number of fused-ring (bicyclic) bond motifs is 1. The SMILES string of the molecule is CC.CN1CCC(O)(Cn2cnc3cc(Cl)ccc3c2=O)CC1.O=CCCc1ccccc1. The predicted octanol–water partition coefficient (Wildman–Crippen LogP) is 4.35. The summed E-state index contributed by atoms with van der Waals surface area (Å²) in [6.07, 6.45) is 5.27. The summed E-state index contributed by atoms with van der Waals surface area (Å²) in [6.45, 7) is 5.95. The normalized spacial score (nSPS) is 15.1. The van der Waals surface area contributed by atoms with E-state index >= 15 is 0 Å². The van der Waals surface area contributed by atoms with Gasteiger partial charge in [-0.05, 0) is 50.1 Å². The summed E-state index contributed by atoms with van der Waals surface area (Å²) in [4.78, 5) is 28.9. The summed E-state index contributed by atoms with van der Waals surface area (Å²) in [5.41, 5.74) is 0.843. The smallest absolute Gasteiger partial charge is 0.261 e. The summed E-state index contributed by atoms with van der Waals surface area (Å²) in [7, 11) is 2.03. The number of piperidine rings is 1. The van der Waals surface area contributed by atoms with Crippen molar-refractivity contribution < 1.29 is 9.90 Å². The average Bonchev–Trinajstić information content (AvgIpc) is 2.84. The third-order valence-corrected chi connectivity index (χ3v) is 5.80. The van der Waals surface area contributed by atoms with E-state index in [9.17, 15) is 14.7 Å². The number of benzene rings is 2. The monoisotopic (exact) mass is 471 g/mol. The fourth-order valence-electron chi connectivity index (χ4n) is 3.62. The minimum Gasteiger partial charge on any atom is -0.388 e. The third-order valence-electron chi connectivity index (χ3n) is 5.56. The number of aliphatic hydroxyl groups is 1. The lowest BCUT2D eigenvalue weighted by atomic mass is 9.91. The summed E-state index contributed by atoms with van der Waals surface area (Å²) in [5, 5.41) is 11.7. The molecule has 7 heteroatoms. The molecule has 0 spiro atoms. The van der Waals surface area contributed by atoms with Gasteiger partial charge in [-0.1, -0.05) is 55.8 Å². The molecule has 178 valence electrons. The van der Waals surface area contributed by atoms with Crippen LogP contribution < -0.4 is 5.56 Å². The molecule has 2 heterocycles. The van der Waals surface area contributed by atoms with Crippen LogP contribution in [0.2, 0.25) is 5.02 Å². The number of aryl methyl sites for hydroxylation is 1. The number of hydrogen-bond acceptors (Lipinski definition) is 5. The molecule has 2 aromatic carbocycles. The van der Waals surface area contributed by atoms with Gasteiger partial charge in [0.25, 0.3) is 5.56 Å². The van der Waals surface area contributed by atoms with Crippen molar-refractivity contribution in [2.24, 2.45) is 0 Å². The standard InChI is InChI=1S/C15H18ClN3O2.C9H10O.C2H6/c1-18-6-4-15(21,5-7-18)9-19-10-17-13-8-11(16)2-3-12(13)14(19)20;10-8-4-7-9-5-2-1-3-6-9;1-2/h2-3,8,10,21H,4-7,9H2,1H3;1-3,5-6,8H,4,7H2;1-2H3. The highest BCUT2D eigenvalue weighted by molar-refractivity contribution is 6.31. The Bertz CT molecular complexity index is 1060. The molecule has 33 heavy (non-hydrogen) atoms. The van der Waals surface area contributed by atoms with Gasteiger partial charge >= 0.3 is 0 Å². The number of aromatic nitrogens is 2. The van der Waals surface area contributed by atoms with E-state index in [1.54, 1.807) is 18.2 Å². The molecule has 0 atom stereocenters. The molecule has 1 N–H and O–H groups in total. The van der Waals surface area contributed by atoms with Crippen molar-refractivity contribution in [2.75, 3.05) is 20.1 Å². The number of rotatable bonds is 5. The summed E-state index contributed by atoms with van der Waals surface area (Å²) in [6, 6.07) is 15.0. The van der Waals surface area contributed by atoms with Crippen molar-refractivity contribution in [3.8, 4) is 0 Å². The molecule has 1 aromatic heterocycles. The van der Waals surface area contributed by atoms with E-state index in [0.717, 1.165) is 25.8 Å². The molecule has 0 radical (unpaired) electrons. The minimum atomic E-state index is -0.835. The van der Waals surface area contributed by atoms with Crippen LogP contribution in [0.15, 0.2) is 59.7 Å². The number of hydrogen-bond donors (Lipinski definition) is 1. The van der Waals surface area contributed by atoms with Gasteiger partial charge in [-0.25, -0.2) is 4.98 Å². The number of nitrogens with zero attached hydrogens (tertiary/aromatic N) is 3. The highest BCUT2D eigenvalue weighted by atomic mass is 35.5. The van der Waals surface area contributed by atoms with Crippen LogP contribution in [0.3, 0.4) is 0 Å². The van der Waals surface area contributed by atoms with Crippen molar-refractivity contribution in [1.82, 2.24) is 14.5 Å². The predicted molar refractivity (Wildman–Crippen MR) is 135 cm³/mol. The molecule has 0 unspecified atom stereocenters. The molecule has 4 rings (SSSR count). The minimum absolute atomic E-state index is 0.135. The van der Waals surface area contributed by atoms with Gasteiger partial charge in [0, 0.05) is 24.5 Å². The Morgan fingerprint density at radius 3 is 2.42 bits per heavy atom. The van der Waals surface area contributed by atoms with Crippen LogP contribution in [0.1, 0.15) is 38.7 Å². The van der Waals surface area contributed by atoms with Gasteiger partial charge in [-0.2, -0.15) is 0 Å². The number of aldehydes is 1. The van der Waals surface area contributed by atoms with Gasteiger partial charge < -0.3 is 14.8 Å². The highest BCUT2D eigenvalue weighted by Gasteiger charge is 2.32.